The van der Waals surface area contributed by atoms with Gasteiger partial charge >= 0.3 is 172 Å². The number of rotatable bonds is 8. The van der Waals surface area contributed by atoms with Crippen molar-refractivity contribution in [2.45, 2.75) is 12.8 Å². The molecule has 0 amide bonds. The van der Waals surface area contributed by atoms with Crippen molar-refractivity contribution < 1.29 is 0 Å². The molecule has 0 unspecified atom stereocenters. The molecule has 0 aliphatic heterocycles. The first-order valence-electron chi connectivity index (χ1n) is 9.60. The zero-order valence-electron chi connectivity index (χ0n) is 16.7. The van der Waals surface area contributed by atoms with Crippen molar-refractivity contribution in [3.63, 3.8) is 0 Å². The molecule has 0 bridgehead atoms. The molecular weight excluding hydrogens is 493 g/mol. The molecule has 0 aromatic heterocycles. The van der Waals surface area contributed by atoms with Gasteiger partial charge in [0.25, 0.3) is 0 Å². The SMILES string of the molecule is Br.CN(C)CCCCP(Br)(c1ccccc1)(c1ccccc1)c1ccccc1. The summed E-state index contributed by atoms with van der Waals surface area (Å²) in [5.74, 6) is 0. The summed E-state index contributed by atoms with van der Waals surface area (Å²) in [6.45, 7) is 1.12. The Hall–Kier alpha value is -0.990. The Morgan fingerprint density at radius 3 is 1.32 bits per heavy atom. The third-order valence-corrected chi connectivity index (χ3v) is 15.3. The van der Waals surface area contributed by atoms with Crippen LogP contribution in [0.15, 0.2) is 91.0 Å². The Morgan fingerprint density at radius 1 is 0.643 bits per heavy atom. The standard InChI is InChI=1S/C24H29BrNP.BrH/c1-26(2)20-12-13-21-27(25,22-14-6-3-7-15-22,23-16-8-4-9-17-23)24-18-10-5-11-19-24;/h3-11,14-19H,12-13,20-21H2,1-2H3;1H. The van der Waals surface area contributed by atoms with E-state index >= 15 is 0 Å². The van der Waals surface area contributed by atoms with E-state index in [0.29, 0.717) is 0 Å². The predicted octanol–water partition coefficient (Wildman–Crippen LogP) is 5.75. The molecule has 3 aromatic carbocycles. The summed E-state index contributed by atoms with van der Waals surface area (Å²) >= 11 is 4.50. The van der Waals surface area contributed by atoms with Gasteiger partial charge in [-0.05, 0) is 0 Å². The molecule has 3 rings (SSSR count). The zero-order valence-corrected chi connectivity index (χ0v) is 20.9. The van der Waals surface area contributed by atoms with E-state index in [1.807, 2.05) is 0 Å². The molecule has 0 N–H and O–H groups in total. The van der Waals surface area contributed by atoms with E-state index in [-0.39, 0.29) is 17.0 Å². The molecule has 3 aromatic rings. The summed E-state index contributed by atoms with van der Waals surface area (Å²) in [5, 5.41) is 1.51. The molecular formula is C24H30Br2NP. The van der Waals surface area contributed by atoms with Crippen LogP contribution >= 0.6 is 37.8 Å². The first kappa shape index (κ1) is 23.3. The van der Waals surface area contributed by atoms with Gasteiger partial charge in [-0.1, -0.05) is 0 Å². The number of halogens is 2. The maximum absolute atomic E-state index is 4.50. The topological polar surface area (TPSA) is 3.24 Å². The molecule has 0 spiro atoms. The van der Waals surface area contributed by atoms with E-state index in [2.05, 4.69) is 125 Å². The van der Waals surface area contributed by atoms with Crippen molar-refractivity contribution in [1.29, 1.82) is 0 Å². The van der Waals surface area contributed by atoms with Crippen LogP contribution in [-0.2, 0) is 0 Å². The van der Waals surface area contributed by atoms with Crippen molar-refractivity contribution in [3.8, 4) is 0 Å². The van der Waals surface area contributed by atoms with Crippen LogP contribution < -0.4 is 15.9 Å². The maximum atomic E-state index is 4.50. The van der Waals surface area contributed by atoms with Gasteiger partial charge in [0.2, 0.25) is 0 Å². The Morgan fingerprint density at radius 2 is 1.00 bits per heavy atom. The van der Waals surface area contributed by atoms with E-state index < -0.39 is 5.31 Å². The van der Waals surface area contributed by atoms with Crippen molar-refractivity contribution in [1.82, 2.24) is 4.90 Å². The van der Waals surface area contributed by atoms with Crippen LogP contribution in [0.25, 0.3) is 0 Å². The van der Waals surface area contributed by atoms with Gasteiger partial charge in [0.05, 0.1) is 0 Å². The van der Waals surface area contributed by atoms with E-state index in [1.54, 1.807) is 0 Å². The number of nitrogens with zero attached hydrogens (tertiary/aromatic N) is 1. The van der Waals surface area contributed by atoms with Crippen LogP contribution in [0.4, 0.5) is 0 Å². The second kappa shape index (κ2) is 10.2. The van der Waals surface area contributed by atoms with E-state index in [1.165, 1.54) is 28.8 Å². The average Bonchev–Trinajstić information content (AvgIpc) is 2.73. The molecule has 0 saturated heterocycles. The summed E-state index contributed by atoms with van der Waals surface area (Å²) < 4.78 is 0. The van der Waals surface area contributed by atoms with Crippen LogP contribution in [0.1, 0.15) is 12.8 Å². The van der Waals surface area contributed by atoms with Crippen LogP contribution in [0, 0.1) is 0 Å². The van der Waals surface area contributed by atoms with Gasteiger partial charge in [-0.15, -0.1) is 17.0 Å². The van der Waals surface area contributed by atoms with Crippen LogP contribution in [0.5, 0.6) is 0 Å². The molecule has 0 atom stereocenters. The molecule has 0 fully saturated rings. The Balaban J connectivity index is 0.00000280. The molecule has 28 heavy (non-hydrogen) atoms. The number of unbranched alkanes of at least 4 members (excludes halogenated alkanes) is 1. The molecule has 1 nitrogen and oxygen atoms in total. The third kappa shape index (κ3) is 4.60. The second-order valence-electron chi connectivity index (χ2n) is 7.42. The Bertz CT molecular complexity index is 739. The zero-order chi connectivity index (χ0) is 19.2. The van der Waals surface area contributed by atoms with E-state index in [4.69, 9.17) is 0 Å². The fourth-order valence-corrected chi connectivity index (χ4v) is 11.6. The van der Waals surface area contributed by atoms with Crippen molar-refractivity contribution in [2.75, 3.05) is 26.8 Å². The van der Waals surface area contributed by atoms with Gasteiger partial charge in [-0.2, -0.15) is 0 Å². The van der Waals surface area contributed by atoms with Crippen LogP contribution in [-0.4, -0.2) is 31.7 Å². The molecule has 0 aliphatic carbocycles. The molecule has 0 heterocycles. The van der Waals surface area contributed by atoms with Gasteiger partial charge in [0.1, 0.15) is 0 Å². The monoisotopic (exact) mass is 521 g/mol. The van der Waals surface area contributed by atoms with Crippen molar-refractivity contribution in [3.05, 3.63) is 91.0 Å². The molecule has 0 aliphatic rings. The second-order valence-corrected chi connectivity index (χ2v) is 16.5. The summed E-state index contributed by atoms with van der Waals surface area (Å²) in [6.07, 6.45) is 3.50. The summed E-state index contributed by atoms with van der Waals surface area (Å²) in [6, 6.07) is 33.2. The summed E-state index contributed by atoms with van der Waals surface area (Å²) in [5.41, 5.74) is 0. The fraction of sp³-hybridized carbons (Fsp3) is 0.250. The fourth-order valence-electron chi connectivity index (χ4n) is 3.89. The number of benzene rings is 3. The van der Waals surface area contributed by atoms with Crippen molar-refractivity contribution >= 4 is 53.7 Å². The van der Waals surface area contributed by atoms with Crippen molar-refractivity contribution in [2.24, 2.45) is 0 Å². The summed E-state index contributed by atoms with van der Waals surface area (Å²) in [7, 11) is 4.30. The van der Waals surface area contributed by atoms with Crippen LogP contribution in [0.3, 0.4) is 0 Å². The molecule has 150 valence electrons. The average molecular weight is 523 g/mol. The minimum absolute atomic E-state index is 0. The van der Waals surface area contributed by atoms with E-state index in [9.17, 15) is 0 Å². The number of hydrogen-bond acceptors (Lipinski definition) is 1. The van der Waals surface area contributed by atoms with Gasteiger partial charge in [0, 0.05) is 0 Å². The van der Waals surface area contributed by atoms with Crippen LogP contribution in [0.2, 0.25) is 0 Å². The number of hydrogen-bond donors (Lipinski definition) is 0. The van der Waals surface area contributed by atoms with E-state index in [0.717, 1.165) is 12.7 Å². The van der Waals surface area contributed by atoms with Gasteiger partial charge in [-0.3, -0.25) is 0 Å². The first-order valence-corrected chi connectivity index (χ1v) is 14.0. The van der Waals surface area contributed by atoms with Gasteiger partial charge in [-0.25, -0.2) is 0 Å². The van der Waals surface area contributed by atoms with Gasteiger partial charge in [0.15, 0.2) is 0 Å². The van der Waals surface area contributed by atoms with Gasteiger partial charge < -0.3 is 0 Å². The normalized spacial score (nSPS) is 12.8. The quantitative estimate of drug-likeness (QED) is 0.269. The Kier molecular flexibility index (Phi) is 8.45. The molecule has 4 heteroatoms. The third-order valence-electron chi connectivity index (χ3n) is 5.32. The molecule has 0 saturated carbocycles. The molecule has 0 radical (unpaired) electrons. The Labute approximate surface area is 188 Å². The first-order chi connectivity index (χ1) is 13.1. The summed E-state index contributed by atoms with van der Waals surface area (Å²) in [4.78, 5) is 2.27. The predicted molar refractivity (Wildman–Crippen MR) is 137 cm³/mol. The minimum atomic E-state index is -2.71.